The minimum atomic E-state index is -0.938. The summed E-state index contributed by atoms with van der Waals surface area (Å²) in [6.45, 7) is 3.95. The van der Waals surface area contributed by atoms with Crippen LogP contribution < -0.4 is 16.4 Å². The van der Waals surface area contributed by atoms with Gasteiger partial charge in [0.1, 0.15) is 6.04 Å². The Morgan fingerprint density at radius 3 is 2.68 bits per heavy atom. The molecule has 0 aliphatic heterocycles. The molecule has 0 radical (unpaired) electrons. The van der Waals surface area contributed by atoms with Crippen LogP contribution in [0.5, 0.6) is 0 Å². The Labute approximate surface area is 113 Å². The smallest absolute Gasteiger partial charge is 0.322 e. The van der Waals surface area contributed by atoms with Crippen molar-refractivity contribution in [2.75, 3.05) is 32.8 Å². The van der Waals surface area contributed by atoms with Crippen LogP contribution in [0, 0.1) is 0 Å². The van der Waals surface area contributed by atoms with E-state index in [4.69, 9.17) is 15.6 Å². The first-order valence-corrected chi connectivity index (χ1v) is 6.64. The van der Waals surface area contributed by atoms with Gasteiger partial charge in [-0.05, 0) is 6.42 Å². The van der Waals surface area contributed by atoms with Crippen molar-refractivity contribution in [1.29, 1.82) is 0 Å². The Bertz CT molecular complexity index is 261. The van der Waals surface area contributed by atoms with E-state index in [0.717, 1.165) is 12.8 Å². The lowest BCUT2D eigenvalue weighted by atomic mass is 10.3. The van der Waals surface area contributed by atoms with Gasteiger partial charge >= 0.3 is 11.9 Å². The second kappa shape index (κ2) is 11.9. The number of aliphatic carboxylic acids is 1. The van der Waals surface area contributed by atoms with Gasteiger partial charge in [-0.2, -0.15) is 0 Å². The fourth-order valence-corrected chi connectivity index (χ4v) is 1.34. The molecule has 112 valence electrons. The van der Waals surface area contributed by atoms with Crippen LogP contribution in [0.4, 0.5) is 0 Å². The number of ether oxygens (including phenoxy) is 1. The molecule has 0 rings (SSSR count). The number of carboxylic acid groups (broad SMARTS) is 1. The largest absolute Gasteiger partial charge is 0.480 e. The number of carbonyl (C=O) groups is 2. The van der Waals surface area contributed by atoms with Crippen molar-refractivity contribution < 1.29 is 19.4 Å². The summed E-state index contributed by atoms with van der Waals surface area (Å²) < 4.78 is 4.97. The van der Waals surface area contributed by atoms with Crippen LogP contribution in [0.25, 0.3) is 0 Å². The zero-order chi connectivity index (χ0) is 14.5. The van der Waals surface area contributed by atoms with Crippen molar-refractivity contribution in [1.82, 2.24) is 10.6 Å². The lowest BCUT2D eigenvalue weighted by molar-refractivity contribution is -0.143. The maximum absolute atomic E-state index is 11.3. The Morgan fingerprint density at radius 1 is 1.37 bits per heavy atom. The zero-order valence-corrected chi connectivity index (χ0v) is 11.5. The summed E-state index contributed by atoms with van der Waals surface area (Å²) in [5.74, 6) is -1.20. The zero-order valence-electron chi connectivity index (χ0n) is 11.5. The van der Waals surface area contributed by atoms with Gasteiger partial charge < -0.3 is 26.2 Å². The third-order valence-corrected chi connectivity index (χ3v) is 2.45. The van der Waals surface area contributed by atoms with E-state index >= 15 is 0 Å². The van der Waals surface area contributed by atoms with Crippen molar-refractivity contribution in [2.45, 2.75) is 32.2 Å². The Balaban J connectivity index is 3.64. The van der Waals surface area contributed by atoms with Gasteiger partial charge in [-0.1, -0.05) is 13.3 Å². The lowest BCUT2D eigenvalue weighted by Crippen LogP contribution is -2.46. The molecule has 0 saturated heterocycles. The average molecular weight is 275 g/mol. The van der Waals surface area contributed by atoms with E-state index in [1.807, 2.05) is 6.92 Å². The fourth-order valence-electron chi connectivity index (χ4n) is 1.34. The molecule has 19 heavy (non-hydrogen) atoms. The van der Waals surface area contributed by atoms with Gasteiger partial charge in [0, 0.05) is 26.2 Å². The lowest BCUT2D eigenvalue weighted by Gasteiger charge is -2.14. The predicted molar refractivity (Wildman–Crippen MR) is 71.8 cm³/mol. The average Bonchev–Trinajstić information content (AvgIpc) is 2.37. The van der Waals surface area contributed by atoms with Gasteiger partial charge in [0.05, 0.1) is 13.0 Å². The molecule has 0 aromatic heterocycles. The maximum atomic E-state index is 11.3. The summed E-state index contributed by atoms with van der Waals surface area (Å²) in [4.78, 5) is 22.1. The molecule has 0 amide bonds. The standard InChI is InChI=1S/C12H25N3O4/c1-2-3-8-19-11(16)4-6-14-9-10(12(17)18)15-7-5-13/h10,14-15H,2-9,13H2,1H3,(H,17,18). The summed E-state index contributed by atoms with van der Waals surface area (Å²) in [5.41, 5.74) is 5.29. The molecule has 7 heteroatoms. The van der Waals surface area contributed by atoms with Crippen LogP contribution in [0.1, 0.15) is 26.2 Å². The van der Waals surface area contributed by atoms with Crippen molar-refractivity contribution in [3.8, 4) is 0 Å². The predicted octanol–water partition coefficient (Wildman–Crippen LogP) is -0.689. The Hall–Kier alpha value is -1.18. The highest BCUT2D eigenvalue weighted by Gasteiger charge is 2.15. The number of carbonyl (C=O) groups excluding carboxylic acids is 1. The van der Waals surface area contributed by atoms with E-state index in [2.05, 4.69) is 10.6 Å². The van der Waals surface area contributed by atoms with Crippen LogP contribution in [0.2, 0.25) is 0 Å². The van der Waals surface area contributed by atoms with Crippen LogP contribution in [-0.4, -0.2) is 55.9 Å². The van der Waals surface area contributed by atoms with Crippen molar-refractivity contribution in [3.05, 3.63) is 0 Å². The quantitative estimate of drug-likeness (QED) is 0.275. The topological polar surface area (TPSA) is 114 Å². The first-order chi connectivity index (χ1) is 9.11. The molecule has 0 aliphatic rings. The van der Waals surface area contributed by atoms with Crippen LogP contribution in [0.15, 0.2) is 0 Å². The van der Waals surface area contributed by atoms with E-state index in [1.54, 1.807) is 0 Å². The second-order valence-corrected chi connectivity index (χ2v) is 4.16. The summed E-state index contributed by atoms with van der Waals surface area (Å²) in [6, 6.07) is -0.695. The molecule has 0 aromatic rings. The molecule has 0 saturated carbocycles. The van der Waals surface area contributed by atoms with Crippen LogP contribution in [-0.2, 0) is 14.3 Å². The Morgan fingerprint density at radius 2 is 2.11 bits per heavy atom. The normalized spacial score (nSPS) is 12.1. The number of hydrogen-bond donors (Lipinski definition) is 4. The molecule has 1 unspecified atom stereocenters. The minimum Gasteiger partial charge on any atom is -0.480 e. The van der Waals surface area contributed by atoms with Gasteiger partial charge in [0.25, 0.3) is 0 Å². The molecule has 0 aliphatic carbocycles. The summed E-state index contributed by atoms with van der Waals surface area (Å²) in [7, 11) is 0. The number of carboxylic acids is 1. The number of unbranched alkanes of at least 4 members (excludes halogenated alkanes) is 1. The summed E-state index contributed by atoms with van der Waals surface area (Å²) in [6.07, 6.45) is 2.09. The van der Waals surface area contributed by atoms with Crippen LogP contribution in [0.3, 0.4) is 0 Å². The van der Waals surface area contributed by atoms with Crippen molar-refractivity contribution >= 4 is 11.9 Å². The van der Waals surface area contributed by atoms with Gasteiger partial charge in [-0.25, -0.2) is 0 Å². The molecule has 0 heterocycles. The highest BCUT2D eigenvalue weighted by Crippen LogP contribution is 1.91. The molecule has 0 aromatic carbocycles. The van der Waals surface area contributed by atoms with Crippen molar-refractivity contribution in [3.63, 3.8) is 0 Å². The number of hydrogen-bond acceptors (Lipinski definition) is 6. The summed E-state index contributed by atoms with van der Waals surface area (Å²) in [5, 5.41) is 14.6. The van der Waals surface area contributed by atoms with Crippen LogP contribution >= 0.6 is 0 Å². The first-order valence-electron chi connectivity index (χ1n) is 6.64. The third-order valence-electron chi connectivity index (χ3n) is 2.45. The molecular weight excluding hydrogens is 250 g/mol. The number of nitrogens with one attached hydrogen (secondary N) is 2. The monoisotopic (exact) mass is 275 g/mol. The third kappa shape index (κ3) is 10.4. The number of esters is 1. The van der Waals surface area contributed by atoms with E-state index in [9.17, 15) is 9.59 Å². The van der Waals surface area contributed by atoms with Gasteiger partial charge in [-0.3, -0.25) is 9.59 Å². The number of nitrogens with two attached hydrogens (primary N) is 1. The molecule has 1 atom stereocenters. The number of rotatable bonds is 12. The van der Waals surface area contributed by atoms with Gasteiger partial charge in [0.2, 0.25) is 0 Å². The molecule has 0 bridgehead atoms. The first kappa shape index (κ1) is 17.8. The molecule has 5 N–H and O–H groups in total. The SMILES string of the molecule is CCCCOC(=O)CCNCC(NCCN)C(=O)O. The van der Waals surface area contributed by atoms with E-state index in [-0.39, 0.29) is 18.9 Å². The minimum absolute atomic E-state index is 0.243. The Kier molecular flexibility index (Phi) is 11.1. The maximum Gasteiger partial charge on any atom is 0.322 e. The van der Waals surface area contributed by atoms with Gasteiger partial charge in [0.15, 0.2) is 0 Å². The van der Waals surface area contributed by atoms with E-state index < -0.39 is 12.0 Å². The molecule has 7 nitrogen and oxygen atoms in total. The van der Waals surface area contributed by atoms with E-state index in [1.165, 1.54) is 0 Å². The highest BCUT2D eigenvalue weighted by atomic mass is 16.5. The molecule has 0 fully saturated rings. The summed E-state index contributed by atoms with van der Waals surface area (Å²) >= 11 is 0. The van der Waals surface area contributed by atoms with Crippen molar-refractivity contribution in [2.24, 2.45) is 5.73 Å². The van der Waals surface area contributed by atoms with E-state index in [0.29, 0.717) is 26.2 Å². The highest BCUT2D eigenvalue weighted by molar-refractivity contribution is 5.73. The van der Waals surface area contributed by atoms with Gasteiger partial charge in [-0.15, -0.1) is 0 Å². The second-order valence-electron chi connectivity index (χ2n) is 4.16. The molecular formula is C12H25N3O4. The molecule has 0 spiro atoms. The fraction of sp³-hybridized carbons (Fsp3) is 0.833.